The van der Waals surface area contributed by atoms with Gasteiger partial charge in [0.1, 0.15) is 5.75 Å². The van der Waals surface area contributed by atoms with Crippen molar-refractivity contribution in [3.05, 3.63) is 59.7 Å². The largest absolute Gasteiger partial charge is 0.497 e. The van der Waals surface area contributed by atoms with Crippen molar-refractivity contribution in [1.29, 1.82) is 0 Å². The van der Waals surface area contributed by atoms with Crippen LogP contribution in [0.5, 0.6) is 5.75 Å². The van der Waals surface area contributed by atoms with E-state index >= 15 is 0 Å². The number of methoxy groups -OCH3 is 1. The Hall–Kier alpha value is -2.38. The molecule has 2 aromatic carbocycles. The molecule has 0 bridgehead atoms. The number of carbonyl (C=O) groups excluding carboxylic acids is 1. The van der Waals surface area contributed by atoms with Gasteiger partial charge in [0, 0.05) is 25.6 Å². The Morgan fingerprint density at radius 3 is 2.53 bits per heavy atom. The Bertz CT molecular complexity index is 1030. The number of ether oxygens (including phenoxy) is 1. The summed E-state index contributed by atoms with van der Waals surface area (Å²) >= 11 is 0. The summed E-state index contributed by atoms with van der Waals surface area (Å²) in [7, 11) is -2.00. The van der Waals surface area contributed by atoms with Crippen LogP contribution in [0.25, 0.3) is 0 Å². The topological polar surface area (TPSA) is 75.7 Å². The fraction of sp³-hybridized carbons (Fsp3) is 0.480. The number of sulfonamides is 1. The van der Waals surface area contributed by atoms with Gasteiger partial charge in [-0.15, -0.1) is 0 Å². The zero-order valence-corrected chi connectivity index (χ0v) is 20.2. The first-order chi connectivity index (χ1) is 15.1. The lowest BCUT2D eigenvalue weighted by atomic mass is 9.87. The predicted octanol–water partition coefficient (Wildman–Crippen LogP) is 3.89. The lowest BCUT2D eigenvalue weighted by Gasteiger charge is -2.25. The first kappa shape index (κ1) is 24.3. The fourth-order valence-electron chi connectivity index (χ4n) is 4.10. The zero-order chi connectivity index (χ0) is 23.4. The summed E-state index contributed by atoms with van der Waals surface area (Å²) in [6, 6.07) is 15.0. The molecule has 0 radical (unpaired) electrons. The standard InChI is InChI=1S/C25H34N2O4S/c1-25(2,3)20-10-12-23(13-11-20)32(29,30)26-15-14-24(28)27-16-6-8-21(27)17-19-7-5-9-22(18-19)31-4/h5,7,9-13,18,21,26H,6,8,14-17H2,1-4H3. The molecule has 0 aliphatic carbocycles. The molecule has 6 nitrogen and oxygen atoms in total. The number of hydrogen-bond donors (Lipinski definition) is 1. The van der Waals surface area contributed by atoms with Crippen LogP contribution in [0.3, 0.4) is 0 Å². The minimum Gasteiger partial charge on any atom is -0.497 e. The minimum atomic E-state index is -3.65. The zero-order valence-electron chi connectivity index (χ0n) is 19.4. The summed E-state index contributed by atoms with van der Waals surface area (Å²) < 4.78 is 33.1. The molecule has 1 N–H and O–H groups in total. The van der Waals surface area contributed by atoms with Crippen LogP contribution < -0.4 is 9.46 Å². The van der Waals surface area contributed by atoms with Gasteiger partial charge in [0.15, 0.2) is 0 Å². The van der Waals surface area contributed by atoms with Crippen molar-refractivity contribution in [2.75, 3.05) is 20.2 Å². The molecule has 1 unspecified atom stereocenters. The SMILES string of the molecule is COc1cccc(CC2CCCN2C(=O)CCNS(=O)(=O)c2ccc(C(C)(C)C)cc2)c1. The van der Waals surface area contributed by atoms with E-state index in [0.717, 1.165) is 36.1 Å². The lowest BCUT2D eigenvalue weighted by Crippen LogP contribution is -2.38. The van der Waals surface area contributed by atoms with Crippen LogP contribution in [0.2, 0.25) is 0 Å². The molecule has 1 fully saturated rings. The summed E-state index contributed by atoms with van der Waals surface area (Å²) in [4.78, 5) is 14.9. The average Bonchev–Trinajstić information content (AvgIpc) is 3.21. The van der Waals surface area contributed by atoms with Crippen molar-refractivity contribution < 1.29 is 17.9 Å². The van der Waals surface area contributed by atoms with E-state index in [0.29, 0.717) is 6.54 Å². The number of nitrogens with one attached hydrogen (secondary N) is 1. The second-order valence-electron chi connectivity index (χ2n) is 9.36. The molecule has 1 amide bonds. The lowest BCUT2D eigenvalue weighted by molar-refractivity contribution is -0.131. The molecule has 1 aliphatic heterocycles. The van der Waals surface area contributed by atoms with Crippen LogP contribution in [-0.4, -0.2) is 45.5 Å². The van der Waals surface area contributed by atoms with E-state index in [1.807, 2.05) is 41.3 Å². The average molecular weight is 459 g/mol. The van der Waals surface area contributed by atoms with Gasteiger partial charge in [-0.05, 0) is 60.1 Å². The molecule has 1 heterocycles. The Labute approximate surface area is 192 Å². The highest BCUT2D eigenvalue weighted by molar-refractivity contribution is 7.89. The van der Waals surface area contributed by atoms with Crippen LogP contribution in [-0.2, 0) is 26.7 Å². The van der Waals surface area contributed by atoms with Crippen molar-refractivity contribution in [1.82, 2.24) is 9.62 Å². The highest BCUT2D eigenvalue weighted by Crippen LogP contribution is 2.25. The Kier molecular flexibility index (Phi) is 7.62. The van der Waals surface area contributed by atoms with Crippen molar-refractivity contribution in [2.45, 2.75) is 62.8 Å². The molecule has 7 heteroatoms. The van der Waals surface area contributed by atoms with Gasteiger partial charge < -0.3 is 9.64 Å². The Morgan fingerprint density at radius 1 is 1.16 bits per heavy atom. The van der Waals surface area contributed by atoms with Crippen LogP contribution >= 0.6 is 0 Å². The summed E-state index contributed by atoms with van der Waals surface area (Å²) in [6.45, 7) is 7.06. The van der Waals surface area contributed by atoms with E-state index in [1.54, 1.807) is 19.2 Å². The number of rotatable bonds is 8. The highest BCUT2D eigenvalue weighted by atomic mass is 32.2. The van der Waals surface area contributed by atoms with Crippen molar-refractivity contribution >= 4 is 15.9 Å². The van der Waals surface area contributed by atoms with Crippen LogP contribution in [0, 0.1) is 0 Å². The van der Waals surface area contributed by atoms with Gasteiger partial charge in [0.25, 0.3) is 0 Å². The molecule has 0 saturated carbocycles. The molecule has 3 rings (SSSR count). The van der Waals surface area contributed by atoms with Gasteiger partial charge in [-0.2, -0.15) is 0 Å². The number of likely N-dealkylation sites (tertiary alicyclic amines) is 1. The van der Waals surface area contributed by atoms with Crippen LogP contribution in [0.4, 0.5) is 0 Å². The summed E-state index contributed by atoms with van der Waals surface area (Å²) in [5.74, 6) is 0.796. The van der Waals surface area contributed by atoms with Crippen molar-refractivity contribution in [3.63, 3.8) is 0 Å². The van der Waals surface area contributed by atoms with Gasteiger partial charge in [0.2, 0.25) is 15.9 Å². The highest BCUT2D eigenvalue weighted by Gasteiger charge is 2.29. The Morgan fingerprint density at radius 2 is 1.88 bits per heavy atom. The van der Waals surface area contributed by atoms with E-state index in [1.165, 1.54) is 0 Å². The molecule has 1 atom stereocenters. The van der Waals surface area contributed by atoms with E-state index in [9.17, 15) is 13.2 Å². The maximum absolute atomic E-state index is 12.8. The molecule has 1 saturated heterocycles. The van der Waals surface area contributed by atoms with Crippen LogP contribution in [0.1, 0.15) is 51.2 Å². The third-order valence-corrected chi connectivity index (χ3v) is 7.44. The molecular weight excluding hydrogens is 424 g/mol. The number of benzene rings is 2. The van der Waals surface area contributed by atoms with Gasteiger partial charge in [0.05, 0.1) is 12.0 Å². The number of hydrogen-bond acceptors (Lipinski definition) is 4. The van der Waals surface area contributed by atoms with Gasteiger partial charge in [-0.3, -0.25) is 4.79 Å². The van der Waals surface area contributed by atoms with Crippen molar-refractivity contribution in [3.8, 4) is 5.75 Å². The first-order valence-electron chi connectivity index (χ1n) is 11.1. The quantitative estimate of drug-likeness (QED) is 0.651. The smallest absolute Gasteiger partial charge is 0.240 e. The molecule has 0 aromatic heterocycles. The number of carbonyl (C=O) groups is 1. The maximum Gasteiger partial charge on any atom is 0.240 e. The third kappa shape index (κ3) is 6.11. The maximum atomic E-state index is 12.8. The number of nitrogens with zero attached hydrogens (tertiary/aromatic N) is 1. The summed E-state index contributed by atoms with van der Waals surface area (Å²) in [5.41, 5.74) is 2.16. The molecule has 174 valence electrons. The second-order valence-corrected chi connectivity index (χ2v) is 11.1. The normalized spacial score (nSPS) is 16.9. The van der Waals surface area contributed by atoms with E-state index < -0.39 is 10.0 Å². The van der Waals surface area contributed by atoms with E-state index in [-0.39, 0.29) is 35.2 Å². The molecule has 0 spiro atoms. The molecule has 2 aromatic rings. The molecular formula is C25H34N2O4S. The summed E-state index contributed by atoms with van der Waals surface area (Å²) in [6.07, 6.45) is 2.84. The summed E-state index contributed by atoms with van der Waals surface area (Å²) in [5, 5.41) is 0. The van der Waals surface area contributed by atoms with E-state index in [2.05, 4.69) is 25.5 Å². The number of amides is 1. The van der Waals surface area contributed by atoms with Crippen LogP contribution in [0.15, 0.2) is 53.4 Å². The molecule has 32 heavy (non-hydrogen) atoms. The third-order valence-electron chi connectivity index (χ3n) is 5.96. The van der Waals surface area contributed by atoms with E-state index in [4.69, 9.17) is 4.74 Å². The fourth-order valence-corrected chi connectivity index (χ4v) is 5.13. The predicted molar refractivity (Wildman–Crippen MR) is 126 cm³/mol. The second kappa shape index (κ2) is 10.0. The van der Waals surface area contributed by atoms with Gasteiger partial charge in [-0.1, -0.05) is 45.0 Å². The first-order valence-corrected chi connectivity index (χ1v) is 12.6. The minimum absolute atomic E-state index is 0.0128. The van der Waals surface area contributed by atoms with Crippen molar-refractivity contribution in [2.24, 2.45) is 0 Å². The van der Waals surface area contributed by atoms with Gasteiger partial charge in [-0.25, -0.2) is 13.1 Å². The molecule has 1 aliphatic rings. The Balaban J connectivity index is 1.55. The van der Waals surface area contributed by atoms with Gasteiger partial charge >= 0.3 is 0 Å². The monoisotopic (exact) mass is 458 g/mol.